The lowest BCUT2D eigenvalue weighted by molar-refractivity contribution is 0.585. The smallest absolute Gasteiger partial charge is 0.263 e. The van der Waals surface area contributed by atoms with Gasteiger partial charge < -0.3 is 0 Å². The van der Waals surface area contributed by atoms with Gasteiger partial charge in [-0.1, -0.05) is 48.3 Å². The number of halogens is 3. The van der Waals surface area contributed by atoms with E-state index in [4.69, 9.17) is 23.2 Å². The fourth-order valence-corrected chi connectivity index (χ4v) is 3.98. The molecule has 0 spiro atoms. The monoisotopic (exact) mass is 427 g/mol. The number of anilines is 1. The molecule has 3 rings (SSSR count). The SMILES string of the molecule is CCc1ccc(S(=O)(=O)Nc2nn(Cc3c(F)cccc3Cl)cc2Cl)cc1. The van der Waals surface area contributed by atoms with Crippen LogP contribution < -0.4 is 4.72 Å². The van der Waals surface area contributed by atoms with Crippen LogP contribution in [0.25, 0.3) is 0 Å². The first-order chi connectivity index (χ1) is 12.8. The maximum absolute atomic E-state index is 13.9. The molecule has 142 valence electrons. The van der Waals surface area contributed by atoms with Gasteiger partial charge in [-0.25, -0.2) is 12.8 Å². The molecule has 1 aromatic heterocycles. The summed E-state index contributed by atoms with van der Waals surface area (Å²) in [7, 11) is -3.85. The van der Waals surface area contributed by atoms with Gasteiger partial charge in [-0.15, -0.1) is 0 Å². The van der Waals surface area contributed by atoms with Gasteiger partial charge in [-0.3, -0.25) is 9.40 Å². The van der Waals surface area contributed by atoms with Gasteiger partial charge in [0.15, 0.2) is 5.82 Å². The van der Waals surface area contributed by atoms with Crippen molar-refractivity contribution in [3.63, 3.8) is 0 Å². The number of benzene rings is 2. The molecular weight excluding hydrogens is 412 g/mol. The second kappa shape index (κ2) is 7.88. The van der Waals surface area contributed by atoms with Gasteiger partial charge in [0.1, 0.15) is 10.8 Å². The van der Waals surface area contributed by atoms with Crippen LogP contribution in [0.4, 0.5) is 10.2 Å². The minimum Gasteiger partial charge on any atom is -0.264 e. The summed E-state index contributed by atoms with van der Waals surface area (Å²) >= 11 is 12.1. The summed E-state index contributed by atoms with van der Waals surface area (Å²) in [6.07, 6.45) is 2.21. The Morgan fingerprint density at radius 1 is 1.11 bits per heavy atom. The molecule has 0 unspecified atom stereocenters. The summed E-state index contributed by atoms with van der Waals surface area (Å²) in [6, 6.07) is 10.9. The van der Waals surface area contributed by atoms with E-state index in [2.05, 4.69) is 9.82 Å². The molecule has 0 radical (unpaired) electrons. The Morgan fingerprint density at radius 3 is 2.44 bits per heavy atom. The van der Waals surface area contributed by atoms with Gasteiger partial charge in [0.2, 0.25) is 0 Å². The molecule has 0 bridgehead atoms. The fourth-order valence-electron chi connectivity index (χ4n) is 2.48. The normalized spacial score (nSPS) is 11.6. The highest BCUT2D eigenvalue weighted by molar-refractivity contribution is 7.92. The number of hydrogen-bond donors (Lipinski definition) is 1. The van der Waals surface area contributed by atoms with Crippen molar-refractivity contribution in [1.29, 1.82) is 0 Å². The summed E-state index contributed by atoms with van der Waals surface area (Å²) in [4.78, 5) is 0.0995. The minimum absolute atomic E-state index is 0.0121. The molecule has 0 atom stereocenters. The van der Waals surface area contributed by atoms with E-state index in [1.807, 2.05) is 6.92 Å². The summed E-state index contributed by atoms with van der Waals surface area (Å²) in [5.74, 6) is -0.518. The molecule has 5 nitrogen and oxygen atoms in total. The van der Waals surface area contributed by atoms with E-state index in [-0.39, 0.29) is 32.9 Å². The third-order valence-corrected chi connectivity index (χ3v) is 5.96. The summed E-state index contributed by atoms with van der Waals surface area (Å²) in [5.41, 5.74) is 1.26. The van der Waals surface area contributed by atoms with Crippen LogP contribution in [-0.2, 0) is 23.0 Å². The Balaban J connectivity index is 1.84. The van der Waals surface area contributed by atoms with Crippen LogP contribution in [0.2, 0.25) is 10.0 Å². The number of sulfonamides is 1. The van der Waals surface area contributed by atoms with Gasteiger partial charge >= 0.3 is 0 Å². The van der Waals surface area contributed by atoms with E-state index in [0.717, 1.165) is 12.0 Å². The summed E-state index contributed by atoms with van der Waals surface area (Å²) < 4.78 is 42.7. The van der Waals surface area contributed by atoms with Crippen molar-refractivity contribution in [2.45, 2.75) is 24.8 Å². The molecule has 0 aliphatic heterocycles. The summed E-state index contributed by atoms with van der Waals surface area (Å²) in [5, 5.41) is 4.44. The zero-order valence-corrected chi connectivity index (χ0v) is 16.6. The Hall–Kier alpha value is -2.09. The molecule has 0 saturated carbocycles. The highest BCUT2D eigenvalue weighted by atomic mass is 35.5. The number of aryl methyl sites for hydroxylation is 1. The lowest BCUT2D eigenvalue weighted by Crippen LogP contribution is -2.14. The molecule has 1 N–H and O–H groups in total. The largest absolute Gasteiger partial charge is 0.264 e. The van der Waals surface area contributed by atoms with Crippen LogP contribution in [0, 0.1) is 5.82 Å². The zero-order chi connectivity index (χ0) is 19.6. The lowest BCUT2D eigenvalue weighted by Gasteiger charge is -2.07. The molecule has 2 aromatic carbocycles. The van der Waals surface area contributed by atoms with E-state index in [1.165, 1.54) is 35.1 Å². The molecule has 0 aliphatic rings. The van der Waals surface area contributed by atoms with Gasteiger partial charge in [-0.05, 0) is 36.2 Å². The number of rotatable bonds is 6. The van der Waals surface area contributed by atoms with Crippen LogP contribution in [0.5, 0.6) is 0 Å². The number of hydrogen-bond acceptors (Lipinski definition) is 3. The van der Waals surface area contributed by atoms with Crippen molar-refractivity contribution < 1.29 is 12.8 Å². The predicted octanol–water partition coefficient (Wildman–Crippen LogP) is 4.74. The standard InChI is InChI=1S/C18H16Cl2FN3O2S/c1-2-12-6-8-13(9-7-12)27(25,26)23-18-16(20)11-24(22-18)10-14-15(19)4-3-5-17(14)21/h3-9,11H,2,10H2,1H3,(H,22,23). The first kappa shape index (κ1) is 19.7. The average molecular weight is 428 g/mol. The van der Waals surface area contributed by atoms with Crippen molar-refractivity contribution >= 4 is 39.0 Å². The van der Waals surface area contributed by atoms with Crippen LogP contribution in [0.3, 0.4) is 0 Å². The van der Waals surface area contributed by atoms with Crippen LogP contribution in [-0.4, -0.2) is 18.2 Å². The fraction of sp³-hybridized carbons (Fsp3) is 0.167. The minimum atomic E-state index is -3.85. The molecule has 1 heterocycles. The van der Waals surface area contributed by atoms with Gasteiger partial charge in [0.25, 0.3) is 10.0 Å². The second-order valence-electron chi connectivity index (χ2n) is 5.83. The quantitative estimate of drug-likeness (QED) is 0.617. The topological polar surface area (TPSA) is 64.0 Å². The Kier molecular flexibility index (Phi) is 5.74. The lowest BCUT2D eigenvalue weighted by atomic mass is 10.2. The second-order valence-corrected chi connectivity index (χ2v) is 8.32. The van der Waals surface area contributed by atoms with Crippen molar-refractivity contribution in [2.75, 3.05) is 4.72 Å². The van der Waals surface area contributed by atoms with E-state index in [1.54, 1.807) is 18.2 Å². The average Bonchev–Trinajstić information content (AvgIpc) is 2.97. The van der Waals surface area contributed by atoms with Crippen molar-refractivity contribution in [2.24, 2.45) is 0 Å². The molecule has 0 aliphatic carbocycles. The van der Waals surface area contributed by atoms with Crippen LogP contribution in [0.1, 0.15) is 18.1 Å². The first-order valence-corrected chi connectivity index (χ1v) is 10.3. The Bertz CT molecular complexity index is 1050. The third-order valence-electron chi connectivity index (χ3n) is 3.97. The number of nitrogens with one attached hydrogen (secondary N) is 1. The van der Waals surface area contributed by atoms with Crippen molar-refractivity contribution in [1.82, 2.24) is 9.78 Å². The molecule has 27 heavy (non-hydrogen) atoms. The van der Waals surface area contributed by atoms with Gasteiger partial charge in [-0.2, -0.15) is 5.10 Å². The van der Waals surface area contributed by atoms with Crippen LogP contribution >= 0.6 is 23.2 Å². The molecule has 0 saturated heterocycles. The predicted molar refractivity (Wildman–Crippen MR) is 104 cm³/mol. The Labute approximate surface area is 166 Å². The molecule has 3 aromatic rings. The molecule has 0 fully saturated rings. The van der Waals surface area contributed by atoms with E-state index in [9.17, 15) is 12.8 Å². The molecule has 0 amide bonds. The molecule has 9 heteroatoms. The maximum atomic E-state index is 13.9. The van der Waals surface area contributed by atoms with E-state index in [0.29, 0.717) is 0 Å². The van der Waals surface area contributed by atoms with Crippen LogP contribution in [0.15, 0.2) is 53.6 Å². The first-order valence-electron chi connectivity index (χ1n) is 8.07. The van der Waals surface area contributed by atoms with Gasteiger partial charge in [0.05, 0.1) is 11.4 Å². The molecular formula is C18H16Cl2FN3O2S. The number of aromatic nitrogens is 2. The third kappa shape index (κ3) is 4.43. The van der Waals surface area contributed by atoms with E-state index < -0.39 is 15.8 Å². The van der Waals surface area contributed by atoms with Crippen molar-refractivity contribution in [3.05, 3.63) is 75.7 Å². The maximum Gasteiger partial charge on any atom is 0.263 e. The van der Waals surface area contributed by atoms with Gasteiger partial charge in [0, 0.05) is 16.8 Å². The highest BCUT2D eigenvalue weighted by Crippen LogP contribution is 2.25. The highest BCUT2D eigenvalue weighted by Gasteiger charge is 2.19. The summed E-state index contributed by atoms with van der Waals surface area (Å²) in [6.45, 7) is 1.99. The Morgan fingerprint density at radius 2 is 1.81 bits per heavy atom. The van der Waals surface area contributed by atoms with Crippen molar-refractivity contribution in [3.8, 4) is 0 Å². The number of nitrogens with zero attached hydrogens (tertiary/aromatic N) is 2. The van der Waals surface area contributed by atoms with E-state index >= 15 is 0 Å². The zero-order valence-electron chi connectivity index (χ0n) is 14.3.